The van der Waals surface area contributed by atoms with Crippen molar-refractivity contribution < 1.29 is 4.79 Å². The van der Waals surface area contributed by atoms with Gasteiger partial charge in [-0.2, -0.15) is 0 Å². The molecular weight excluding hydrogens is 345 g/mol. The summed E-state index contributed by atoms with van der Waals surface area (Å²) in [6.07, 6.45) is 4.89. The first-order valence-corrected chi connectivity index (χ1v) is 7.37. The first-order valence-electron chi connectivity index (χ1n) is 6.49. The van der Waals surface area contributed by atoms with Crippen LogP contribution in [-0.2, 0) is 0 Å². The van der Waals surface area contributed by atoms with Gasteiger partial charge in [0.05, 0.1) is 6.20 Å². The second kappa shape index (κ2) is 8.38. The maximum absolute atomic E-state index is 12.5. The summed E-state index contributed by atoms with van der Waals surface area (Å²) in [7, 11) is 0. The molecule has 0 spiro atoms. The van der Waals surface area contributed by atoms with Crippen LogP contribution in [-0.4, -0.2) is 51.4 Å². The Morgan fingerprint density at radius 3 is 2.91 bits per heavy atom. The molecule has 3 heterocycles. The van der Waals surface area contributed by atoms with Gasteiger partial charge in [0.2, 0.25) is 0 Å². The van der Waals surface area contributed by atoms with E-state index in [0.717, 1.165) is 24.6 Å². The van der Waals surface area contributed by atoms with Crippen LogP contribution in [0.25, 0.3) is 10.7 Å². The molecule has 1 atom stereocenters. The van der Waals surface area contributed by atoms with E-state index in [1.165, 1.54) is 11.3 Å². The van der Waals surface area contributed by atoms with E-state index in [4.69, 9.17) is 0 Å². The molecule has 1 saturated heterocycles. The Labute approximate surface area is 145 Å². The predicted molar refractivity (Wildman–Crippen MR) is 91.0 cm³/mol. The topological polar surface area (TPSA) is 71.0 Å². The highest BCUT2D eigenvalue weighted by Gasteiger charge is 2.25. The van der Waals surface area contributed by atoms with Crippen molar-refractivity contribution in [1.82, 2.24) is 25.2 Å². The van der Waals surface area contributed by atoms with E-state index in [1.54, 1.807) is 24.0 Å². The summed E-state index contributed by atoms with van der Waals surface area (Å²) in [5, 5.41) is 5.79. The molecule has 22 heavy (non-hydrogen) atoms. The van der Waals surface area contributed by atoms with Gasteiger partial charge in [-0.25, -0.2) is 4.98 Å². The van der Waals surface area contributed by atoms with E-state index in [2.05, 4.69) is 20.3 Å². The third-order valence-electron chi connectivity index (χ3n) is 3.27. The lowest BCUT2D eigenvalue weighted by Crippen LogP contribution is -2.52. The van der Waals surface area contributed by atoms with Crippen LogP contribution in [0.3, 0.4) is 0 Å². The quantitative estimate of drug-likeness (QED) is 0.883. The largest absolute Gasteiger partial charge is 0.332 e. The summed E-state index contributed by atoms with van der Waals surface area (Å²) < 4.78 is 0. The number of piperazine rings is 1. The van der Waals surface area contributed by atoms with Gasteiger partial charge in [-0.3, -0.25) is 14.8 Å². The number of halogens is 2. The summed E-state index contributed by atoms with van der Waals surface area (Å²) in [4.78, 5) is 26.9. The molecule has 1 amide bonds. The van der Waals surface area contributed by atoms with Gasteiger partial charge in [0.25, 0.3) is 5.91 Å². The molecule has 6 nitrogen and oxygen atoms in total. The highest BCUT2D eigenvalue weighted by molar-refractivity contribution is 7.13. The number of rotatable bonds is 2. The molecule has 0 aliphatic carbocycles. The Morgan fingerprint density at radius 1 is 1.41 bits per heavy atom. The van der Waals surface area contributed by atoms with E-state index < -0.39 is 0 Å². The normalized spacial score (nSPS) is 17.3. The Morgan fingerprint density at radius 2 is 2.23 bits per heavy atom. The Balaban J connectivity index is 0.00000121. The zero-order valence-electron chi connectivity index (χ0n) is 11.9. The third-order valence-corrected chi connectivity index (χ3v) is 4.13. The number of hydrogen-bond acceptors (Lipinski definition) is 6. The molecule has 1 aliphatic heterocycles. The fraction of sp³-hybridized carbons (Fsp3) is 0.385. The lowest BCUT2D eigenvalue weighted by molar-refractivity contribution is 0.0650. The van der Waals surface area contributed by atoms with Crippen LogP contribution in [0.15, 0.2) is 24.0 Å². The van der Waals surface area contributed by atoms with Crippen molar-refractivity contribution in [3.8, 4) is 10.7 Å². The van der Waals surface area contributed by atoms with E-state index in [9.17, 15) is 4.79 Å². The zero-order chi connectivity index (χ0) is 13.9. The number of carbonyl (C=O) groups excluding carboxylic acids is 1. The Hall–Kier alpha value is -1.28. The second-order valence-corrected chi connectivity index (χ2v) is 5.54. The minimum absolute atomic E-state index is 0. The van der Waals surface area contributed by atoms with Crippen molar-refractivity contribution >= 4 is 42.1 Å². The van der Waals surface area contributed by atoms with Gasteiger partial charge in [0, 0.05) is 43.4 Å². The highest BCUT2D eigenvalue weighted by Crippen LogP contribution is 2.22. The van der Waals surface area contributed by atoms with Crippen LogP contribution in [0.4, 0.5) is 0 Å². The third kappa shape index (κ3) is 3.92. The molecule has 1 unspecified atom stereocenters. The van der Waals surface area contributed by atoms with Crippen LogP contribution in [0.1, 0.15) is 17.4 Å². The Bertz CT molecular complexity index is 609. The van der Waals surface area contributed by atoms with Crippen molar-refractivity contribution in [2.75, 3.05) is 19.6 Å². The van der Waals surface area contributed by atoms with E-state index in [0.29, 0.717) is 11.4 Å². The van der Waals surface area contributed by atoms with Crippen LogP contribution in [0, 0.1) is 0 Å². The first kappa shape index (κ1) is 18.8. The lowest BCUT2D eigenvalue weighted by atomic mass is 10.2. The molecule has 120 valence electrons. The maximum atomic E-state index is 12.5. The molecule has 0 aromatic carbocycles. The predicted octanol–water partition coefficient (Wildman–Crippen LogP) is 1.88. The molecule has 9 heteroatoms. The fourth-order valence-corrected chi connectivity index (χ4v) is 2.94. The number of nitrogens with zero attached hydrogens (tertiary/aromatic N) is 4. The Kier molecular flexibility index (Phi) is 7.15. The molecule has 0 radical (unpaired) electrons. The smallest absolute Gasteiger partial charge is 0.273 e. The van der Waals surface area contributed by atoms with Gasteiger partial charge >= 0.3 is 0 Å². The minimum Gasteiger partial charge on any atom is -0.332 e. The first-order chi connectivity index (χ1) is 9.75. The summed E-state index contributed by atoms with van der Waals surface area (Å²) >= 11 is 1.42. The molecule has 0 bridgehead atoms. The molecule has 2 aromatic heterocycles. The number of hydrogen-bond donors (Lipinski definition) is 1. The van der Waals surface area contributed by atoms with Gasteiger partial charge in [0.15, 0.2) is 0 Å². The van der Waals surface area contributed by atoms with Crippen molar-refractivity contribution in [2.24, 2.45) is 0 Å². The van der Waals surface area contributed by atoms with Crippen molar-refractivity contribution in [2.45, 2.75) is 13.0 Å². The average molecular weight is 362 g/mol. The van der Waals surface area contributed by atoms with Crippen molar-refractivity contribution in [1.29, 1.82) is 0 Å². The van der Waals surface area contributed by atoms with E-state index in [1.807, 2.05) is 11.8 Å². The lowest BCUT2D eigenvalue weighted by Gasteiger charge is -2.33. The molecule has 1 aliphatic rings. The minimum atomic E-state index is -0.00890. The molecule has 1 fully saturated rings. The molecule has 2 aromatic rings. The monoisotopic (exact) mass is 361 g/mol. The summed E-state index contributed by atoms with van der Waals surface area (Å²) in [5.41, 5.74) is 1.19. The van der Waals surface area contributed by atoms with Crippen LogP contribution < -0.4 is 5.32 Å². The number of carbonyl (C=O) groups is 1. The average Bonchev–Trinajstić information content (AvgIpc) is 2.98. The maximum Gasteiger partial charge on any atom is 0.273 e. The van der Waals surface area contributed by atoms with Crippen LogP contribution in [0.2, 0.25) is 0 Å². The zero-order valence-corrected chi connectivity index (χ0v) is 14.4. The summed E-state index contributed by atoms with van der Waals surface area (Å²) in [6, 6.07) is 0.193. The molecule has 3 rings (SSSR count). The van der Waals surface area contributed by atoms with Gasteiger partial charge in [-0.15, -0.1) is 36.2 Å². The van der Waals surface area contributed by atoms with Gasteiger partial charge in [-0.1, -0.05) is 0 Å². The molecule has 0 saturated carbocycles. The van der Waals surface area contributed by atoms with Gasteiger partial charge in [0.1, 0.15) is 16.4 Å². The highest BCUT2D eigenvalue weighted by atomic mass is 35.5. The number of nitrogens with one attached hydrogen (secondary N) is 1. The molecule has 1 N–H and O–H groups in total. The van der Waals surface area contributed by atoms with E-state index >= 15 is 0 Å². The summed E-state index contributed by atoms with van der Waals surface area (Å²) in [5.74, 6) is -0.00890. The van der Waals surface area contributed by atoms with Gasteiger partial charge < -0.3 is 10.2 Å². The van der Waals surface area contributed by atoms with Crippen LogP contribution >= 0.6 is 36.2 Å². The molecular formula is C13H17Cl2N5OS. The SMILES string of the molecule is CC1CNCCN1C(=O)c1csc(-c2cnccn2)n1.Cl.Cl. The van der Waals surface area contributed by atoms with E-state index in [-0.39, 0.29) is 36.8 Å². The van der Waals surface area contributed by atoms with Crippen molar-refractivity contribution in [3.05, 3.63) is 29.7 Å². The van der Waals surface area contributed by atoms with Crippen LogP contribution in [0.5, 0.6) is 0 Å². The summed E-state index contributed by atoms with van der Waals surface area (Å²) in [6.45, 7) is 4.42. The fourth-order valence-electron chi connectivity index (χ4n) is 2.19. The second-order valence-electron chi connectivity index (χ2n) is 4.68. The standard InChI is InChI=1S/C13H15N5OS.2ClH/c1-9-6-15-4-5-18(9)13(19)11-8-20-12(17-11)10-7-14-2-3-16-10;;/h2-3,7-9,15H,4-6H2,1H3;2*1H. The number of thiazole rings is 1. The van der Waals surface area contributed by atoms with Crippen molar-refractivity contribution in [3.63, 3.8) is 0 Å². The number of aromatic nitrogens is 3. The van der Waals surface area contributed by atoms with Gasteiger partial charge in [-0.05, 0) is 6.92 Å². The number of amides is 1.